The molecule has 0 bridgehead atoms. The summed E-state index contributed by atoms with van der Waals surface area (Å²) >= 11 is 0. The van der Waals surface area contributed by atoms with E-state index in [2.05, 4.69) is 23.6 Å². The first kappa shape index (κ1) is 10.1. The summed E-state index contributed by atoms with van der Waals surface area (Å²) in [6.07, 6.45) is 9.90. The van der Waals surface area contributed by atoms with Gasteiger partial charge in [0.05, 0.1) is 12.0 Å². The predicted octanol–water partition coefficient (Wildman–Crippen LogP) is 1.05. The van der Waals surface area contributed by atoms with Crippen LogP contribution in [-0.2, 0) is 0 Å². The van der Waals surface area contributed by atoms with Gasteiger partial charge in [-0.3, -0.25) is 5.32 Å². The van der Waals surface area contributed by atoms with Crippen molar-refractivity contribution in [3.63, 3.8) is 0 Å². The van der Waals surface area contributed by atoms with Crippen LogP contribution in [-0.4, -0.2) is 12.7 Å². The zero-order valence-electron chi connectivity index (χ0n) is 8.22. The topological polar surface area (TPSA) is 50.1 Å². The largest absolute Gasteiger partial charge is 0.385 e. The molecule has 0 saturated heterocycles. The summed E-state index contributed by atoms with van der Waals surface area (Å²) in [6.45, 7) is 3.25. The standard InChI is InChI=1S/C10H19N3/c1-2-3-4-8-12-10-7-5-6-9(11)13-10/h5-7,10,12-13H,2-4,8,11H2,1H3. The zero-order valence-corrected chi connectivity index (χ0v) is 8.22. The number of unbranched alkanes of at least 4 members (excludes halogenated alkanes) is 2. The number of nitrogens with one attached hydrogen (secondary N) is 2. The fourth-order valence-electron chi connectivity index (χ4n) is 1.30. The molecule has 4 N–H and O–H groups in total. The van der Waals surface area contributed by atoms with E-state index < -0.39 is 0 Å². The van der Waals surface area contributed by atoms with Gasteiger partial charge in [-0.25, -0.2) is 0 Å². The average Bonchev–Trinajstić information content (AvgIpc) is 2.13. The summed E-state index contributed by atoms with van der Waals surface area (Å²) in [4.78, 5) is 0. The highest BCUT2D eigenvalue weighted by Crippen LogP contribution is 1.96. The maximum atomic E-state index is 5.61. The molecule has 0 amide bonds. The van der Waals surface area contributed by atoms with Crippen LogP contribution >= 0.6 is 0 Å². The summed E-state index contributed by atoms with van der Waals surface area (Å²) in [5.41, 5.74) is 5.61. The molecule has 13 heavy (non-hydrogen) atoms. The number of dihydropyridines is 1. The van der Waals surface area contributed by atoms with E-state index >= 15 is 0 Å². The lowest BCUT2D eigenvalue weighted by molar-refractivity contribution is 0.509. The molecule has 0 aliphatic carbocycles. The molecule has 1 rings (SSSR count). The fraction of sp³-hybridized carbons (Fsp3) is 0.600. The Labute approximate surface area is 80.1 Å². The van der Waals surface area contributed by atoms with Gasteiger partial charge in [0.25, 0.3) is 0 Å². The Morgan fingerprint density at radius 3 is 3.08 bits per heavy atom. The van der Waals surface area contributed by atoms with Crippen LogP contribution in [0.4, 0.5) is 0 Å². The van der Waals surface area contributed by atoms with Gasteiger partial charge in [0.15, 0.2) is 0 Å². The van der Waals surface area contributed by atoms with Crippen molar-refractivity contribution in [3.05, 3.63) is 24.0 Å². The maximum Gasteiger partial charge on any atom is 0.0975 e. The van der Waals surface area contributed by atoms with E-state index in [0.717, 1.165) is 12.4 Å². The first-order chi connectivity index (χ1) is 6.33. The second kappa shape index (κ2) is 5.65. The van der Waals surface area contributed by atoms with E-state index in [1.807, 2.05) is 12.2 Å². The number of allylic oxidation sites excluding steroid dienone is 2. The second-order valence-corrected chi connectivity index (χ2v) is 3.29. The van der Waals surface area contributed by atoms with Gasteiger partial charge in [0.1, 0.15) is 0 Å². The van der Waals surface area contributed by atoms with E-state index in [4.69, 9.17) is 5.73 Å². The van der Waals surface area contributed by atoms with Crippen LogP contribution in [0.5, 0.6) is 0 Å². The maximum absolute atomic E-state index is 5.61. The Balaban J connectivity index is 2.10. The van der Waals surface area contributed by atoms with Crippen LogP contribution in [0.3, 0.4) is 0 Å². The van der Waals surface area contributed by atoms with Crippen LogP contribution in [0.1, 0.15) is 26.2 Å². The number of rotatable bonds is 5. The van der Waals surface area contributed by atoms with Crippen molar-refractivity contribution >= 4 is 0 Å². The molecule has 1 heterocycles. The third-order valence-corrected chi connectivity index (χ3v) is 2.05. The lowest BCUT2D eigenvalue weighted by atomic mass is 10.2. The van der Waals surface area contributed by atoms with Crippen molar-refractivity contribution in [1.82, 2.24) is 10.6 Å². The lowest BCUT2D eigenvalue weighted by Crippen LogP contribution is -2.43. The molecule has 1 atom stereocenters. The van der Waals surface area contributed by atoms with Crippen LogP contribution in [0, 0.1) is 0 Å². The SMILES string of the molecule is CCCCCNC1C=CC=C(N)N1. The molecule has 3 nitrogen and oxygen atoms in total. The summed E-state index contributed by atoms with van der Waals surface area (Å²) in [5.74, 6) is 0.732. The van der Waals surface area contributed by atoms with Gasteiger partial charge in [0.2, 0.25) is 0 Å². The Kier molecular flexibility index (Phi) is 4.40. The minimum Gasteiger partial charge on any atom is -0.385 e. The van der Waals surface area contributed by atoms with Crippen molar-refractivity contribution in [3.8, 4) is 0 Å². The summed E-state index contributed by atoms with van der Waals surface area (Å²) < 4.78 is 0. The van der Waals surface area contributed by atoms with E-state index in [1.165, 1.54) is 19.3 Å². The van der Waals surface area contributed by atoms with Crippen LogP contribution in [0.2, 0.25) is 0 Å². The molecular formula is C10H19N3. The van der Waals surface area contributed by atoms with Crippen LogP contribution in [0.15, 0.2) is 24.0 Å². The first-order valence-electron chi connectivity index (χ1n) is 4.97. The summed E-state index contributed by atoms with van der Waals surface area (Å²) in [6, 6.07) is 0. The highest BCUT2D eigenvalue weighted by Gasteiger charge is 2.04. The molecule has 0 aromatic heterocycles. The van der Waals surface area contributed by atoms with Crippen LogP contribution < -0.4 is 16.4 Å². The summed E-state index contributed by atoms with van der Waals surface area (Å²) in [5, 5.41) is 6.50. The molecule has 0 aromatic rings. The van der Waals surface area contributed by atoms with Gasteiger partial charge >= 0.3 is 0 Å². The molecule has 1 unspecified atom stereocenters. The van der Waals surface area contributed by atoms with Crippen molar-refractivity contribution < 1.29 is 0 Å². The number of nitrogens with two attached hydrogens (primary N) is 1. The van der Waals surface area contributed by atoms with Crippen molar-refractivity contribution in [2.45, 2.75) is 32.4 Å². The molecule has 0 spiro atoms. The Morgan fingerprint density at radius 1 is 1.54 bits per heavy atom. The van der Waals surface area contributed by atoms with Crippen molar-refractivity contribution in [2.24, 2.45) is 5.73 Å². The normalized spacial score (nSPS) is 21.0. The van der Waals surface area contributed by atoms with Gasteiger partial charge < -0.3 is 11.1 Å². The van der Waals surface area contributed by atoms with E-state index in [1.54, 1.807) is 0 Å². The van der Waals surface area contributed by atoms with Gasteiger partial charge in [0, 0.05) is 0 Å². The van der Waals surface area contributed by atoms with Gasteiger partial charge in [-0.1, -0.05) is 25.8 Å². The first-order valence-corrected chi connectivity index (χ1v) is 4.97. The third kappa shape index (κ3) is 3.99. The second-order valence-electron chi connectivity index (χ2n) is 3.29. The molecule has 1 aliphatic heterocycles. The summed E-state index contributed by atoms with van der Waals surface area (Å²) in [7, 11) is 0. The Hall–Kier alpha value is -0.960. The van der Waals surface area contributed by atoms with Crippen molar-refractivity contribution in [2.75, 3.05) is 6.54 Å². The molecule has 0 radical (unpaired) electrons. The van der Waals surface area contributed by atoms with E-state index in [0.29, 0.717) is 0 Å². The monoisotopic (exact) mass is 181 g/mol. The van der Waals surface area contributed by atoms with E-state index in [-0.39, 0.29) is 6.17 Å². The van der Waals surface area contributed by atoms with Gasteiger partial charge in [-0.2, -0.15) is 0 Å². The van der Waals surface area contributed by atoms with Crippen molar-refractivity contribution in [1.29, 1.82) is 0 Å². The molecule has 1 aliphatic rings. The smallest absolute Gasteiger partial charge is 0.0975 e. The zero-order chi connectivity index (χ0) is 9.52. The number of hydrogen-bond acceptors (Lipinski definition) is 3. The van der Waals surface area contributed by atoms with Gasteiger partial charge in [-0.15, -0.1) is 0 Å². The Morgan fingerprint density at radius 2 is 2.38 bits per heavy atom. The molecule has 74 valence electrons. The molecule has 3 heteroatoms. The lowest BCUT2D eigenvalue weighted by Gasteiger charge is -2.20. The molecule has 0 aromatic carbocycles. The fourth-order valence-corrected chi connectivity index (χ4v) is 1.30. The molecule has 0 fully saturated rings. The van der Waals surface area contributed by atoms with E-state index in [9.17, 15) is 0 Å². The minimum atomic E-state index is 0.210. The predicted molar refractivity (Wildman–Crippen MR) is 55.9 cm³/mol. The minimum absolute atomic E-state index is 0.210. The molecule has 0 saturated carbocycles. The average molecular weight is 181 g/mol. The molecular weight excluding hydrogens is 162 g/mol. The Bertz CT molecular complexity index is 196. The quantitative estimate of drug-likeness (QED) is 0.556. The van der Waals surface area contributed by atoms with Crippen LogP contribution in [0.25, 0.3) is 0 Å². The highest BCUT2D eigenvalue weighted by molar-refractivity contribution is 5.16. The third-order valence-electron chi connectivity index (χ3n) is 2.05. The van der Waals surface area contributed by atoms with Gasteiger partial charge in [-0.05, 0) is 25.1 Å². The highest BCUT2D eigenvalue weighted by atomic mass is 15.2. The number of hydrogen-bond donors (Lipinski definition) is 3.